The highest BCUT2D eigenvalue weighted by Gasteiger charge is 2.19. The van der Waals surface area contributed by atoms with Crippen molar-refractivity contribution in [2.24, 2.45) is 0 Å². The molecule has 0 bridgehead atoms. The summed E-state index contributed by atoms with van der Waals surface area (Å²) >= 11 is 0. The van der Waals surface area contributed by atoms with Gasteiger partial charge in [0.15, 0.2) is 0 Å². The molecule has 2 N–H and O–H groups in total. The molecule has 0 unspecified atom stereocenters. The van der Waals surface area contributed by atoms with E-state index in [-0.39, 0.29) is 5.91 Å². The van der Waals surface area contributed by atoms with Crippen molar-refractivity contribution in [2.75, 3.05) is 32.9 Å². The average molecular weight is 383 g/mol. The van der Waals surface area contributed by atoms with Gasteiger partial charge in [0.05, 0.1) is 0 Å². The van der Waals surface area contributed by atoms with E-state index in [9.17, 15) is 9.59 Å². The van der Waals surface area contributed by atoms with Crippen LogP contribution in [0.1, 0.15) is 26.3 Å². The summed E-state index contributed by atoms with van der Waals surface area (Å²) in [5.74, 6) is -0.130. The number of hydrogen-bond acceptors (Lipinski definition) is 4. The third kappa shape index (κ3) is 6.30. The van der Waals surface area contributed by atoms with Gasteiger partial charge in [0.1, 0.15) is 5.60 Å². The molecule has 28 heavy (non-hydrogen) atoms. The highest BCUT2D eigenvalue weighted by molar-refractivity contribution is 5.93. The van der Waals surface area contributed by atoms with E-state index >= 15 is 0 Å². The van der Waals surface area contributed by atoms with Crippen LogP contribution in [0.3, 0.4) is 0 Å². The van der Waals surface area contributed by atoms with Crippen LogP contribution < -0.4 is 5.73 Å². The number of anilines is 1. The number of nitrogens with two attached hydrogens (primary N) is 1. The van der Waals surface area contributed by atoms with Crippen molar-refractivity contribution in [3.05, 3.63) is 48.0 Å². The summed E-state index contributed by atoms with van der Waals surface area (Å²) < 4.78 is 5.30. The van der Waals surface area contributed by atoms with Gasteiger partial charge in [-0.15, -0.1) is 0 Å². The lowest BCUT2D eigenvalue weighted by Gasteiger charge is -2.26. The van der Waals surface area contributed by atoms with E-state index in [1.165, 1.54) is 11.0 Å². The Morgan fingerprint density at radius 2 is 1.61 bits per heavy atom. The largest absolute Gasteiger partial charge is 0.444 e. The van der Waals surface area contributed by atoms with Gasteiger partial charge in [0.25, 0.3) is 0 Å². The summed E-state index contributed by atoms with van der Waals surface area (Å²) in [5.41, 5.74) is 6.92. The van der Waals surface area contributed by atoms with Crippen molar-refractivity contribution in [2.45, 2.75) is 26.4 Å². The highest BCUT2D eigenvalue weighted by atomic mass is 16.6. The second-order valence-corrected chi connectivity index (χ2v) is 7.86. The van der Waals surface area contributed by atoms with Crippen LogP contribution in [-0.4, -0.2) is 54.6 Å². The Labute approximate surface area is 166 Å². The normalized spacial score (nSPS) is 11.6. The fraction of sp³-hybridized carbons (Fsp3) is 0.364. The van der Waals surface area contributed by atoms with Crippen molar-refractivity contribution in [1.29, 1.82) is 0 Å². The van der Waals surface area contributed by atoms with Gasteiger partial charge in [-0.05, 0) is 61.4 Å². The fourth-order valence-electron chi connectivity index (χ4n) is 2.52. The van der Waals surface area contributed by atoms with Crippen LogP contribution in [0.15, 0.2) is 42.5 Å². The number of likely N-dealkylation sites (N-methyl/N-ethyl adjacent to an activating group) is 2. The molecule has 0 atom stereocenters. The summed E-state index contributed by atoms with van der Waals surface area (Å²) in [6.45, 7) is 6.26. The first-order valence-corrected chi connectivity index (χ1v) is 9.22. The van der Waals surface area contributed by atoms with Gasteiger partial charge >= 0.3 is 6.09 Å². The summed E-state index contributed by atoms with van der Waals surface area (Å²) in [6.07, 6.45) is 2.92. The maximum absolute atomic E-state index is 12.3. The first-order valence-electron chi connectivity index (χ1n) is 9.22. The number of carbonyl (C=O) groups is 2. The van der Waals surface area contributed by atoms with E-state index in [0.717, 1.165) is 22.0 Å². The lowest BCUT2D eigenvalue weighted by atomic mass is 10.1. The van der Waals surface area contributed by atoms with E-state index in [0.29, 0.717) is 13.1 Å². The summed E-state index contributed by atoms with van der Waals surface area (Å²) in [5, 5.41) is 2.13. The number of amides is 2. The number of nitrogens with zero attached hydrogens (tertiary/aromatic N) is 2. The van der Waals surface area contributed by atoms with Crippen molar-refractivity contribution in [3.63, 3.8) is 0 Å². The number of ether oxygens (including phenoxy) is 1. The molecule has 150 valence electrons. The lowest BCUT2D eigenvalue weighted by molar-refractivity contribution is -0.124. The zero-order valence-electron chi connectivity index (χ0n) is 17.2. The molecule has 0 saturated carbocycles. The van der Waals surface area contributed by atoms with Crippen LogP contribution in [-0.2, 0) is 9.53 Å². The molecule has 0 spiro atoms. The quantitative estimate of drug-likeness (QED) is 0.630. The first kappa shape index (κ1) is 21.3. The Morgan fingerprint density at radius 3 is 2.29 bits per heavy atom. The molecule has 0 fully saturated rings. The first-order chi connectivity index (χ1) is 13.0. The van der Waals surface area contributed by atoms with Crippen LogP contribution in [0, 0.1) is 0 Å². The molecule has 0 aliphatic carbocycles. The molecule has 0 radical (unpaired) electrons. The van der Waals surface area contributed by atoms with Gasteiger partial charge in [-0.2, -0.15) is 0 Å². The molecule has 2 rings (SSSR count). The van der Waals surface area contributed by atoms with Crippen LogP contribution >= 0.6 is 0 Å². The second-order valence-electron chi connectivity index (χ2n) is 7.86. The van der Waals surface area contributed by atoms with Gasteiger partial charge in [-0.25, -0.2) is 4.79 Å². The number of carbonyl (C=O) groups excluding carboxylic acids is 2. The Bertz CT molecular complexity index is 884. The molecule has 0 heterocycles. The van der Waals surface area contributed by atoms with E-state index in [4.69, 9.17) is 10.5 Å². The van der Waals surface area contributed by atoms with Gasteiger partial charge in [-0.1, -0.05) is 18.2 Å². The molecule has 0 aromatic heterocycles. The third-order valence-electron chi connectivity index (χ3n) is 4.16. The molecule has 6 heteroatoms. The Hall–Kier alpha value is -3.02. The molecule has 2 aromatic rings. The zero-order chi connectivity index (χ0) is 20.9. The Balaban J connectivity index is 1.91. The maximum atomic E-state index is 12.3. The van der Waals surface area contributed by atoms with Crippen molar-refractivity contribution >= 4 is 34.5 Å². The summed E-state index contributed by atoms with van der Waals surface area (Å²) in [4.78, 5) is 27.3. The SMILES string of the molecule is CN(CCN(C)C(=O)OC(C)(C)C)C(=O)/C=C/c1ccc2cc(N)ccc2c1. The van der Waals surface area contributed by atoms with E-state index in [1.54, 1.807) is 25.1 Å². The molecule has 0 aliphatic rings. The van der Waals surface area contributed by atoms with E-state index in [2.05, 4.69) is 0 Å². The van der Waals surface area contributed by atoms with Crippen LogP contribution in [0.5, 0.6) is 0 Å². The second kappa shape index (κ2) is 8.78. The lowest BCUT2D eigenvalue weighted by Crippen LogP contribution is -2.39. The third-order valence-corrected chi connectivity index (χ3v) is 4.16. The molecule has 6 nitrogen and oxygen atoms in total. The predicted molar refractivity (Wildman–Crippen MR) is 114 cm³/mol. The van der Waals surface area contributed by atoms with Crippen LogP contribution in [0.2, 0.25) is 0 Å². The summed E-state index contributed by atoms with van der Waals surface area (Å²) in [7, 11) is 3.36. The smallest absolute Gasteiger partial charge is 0.410 e. The van der Waals surface area contributed by atoms with Crippen molar-refractivity contribution in [1.82, 2.24) is 9.80 Å². The standard InChI is InChI=1S/C22H29N3O3/c1-22(2,3)28-21(27)25(5)13-12-24(4)20(26)11-7-16-6-8-18-15-19(23)10-9-17(18)14-16/h6-11,14-15H,12-13,23H2,1-5H3/b11-7+. The summed E-state index contributed by atoms with van der Waals surface area (Å²) in [6, 6.07) is 11.7. The maximum Gasteiger partial charge on any atom is 0.410 e. The zero-order valence-corrected chi connectivity index (χ0v) is 17.2. The molecular weight excluding hydrogens is 354 g/mol. The fourth-order valence-corrected chi connectivity index (χ4v) is 2.52. The number of benzene rings is 2. The van der Waals surface area contributed by atoms with E-state index < -0.39 is 11.7 Å². The van der Waals surface area contributed by atoms with E-state index in [1.807, 2.05) is 57.2 Å². The minimum atomic E-state index is -0.540. The molecule has 2 amide bonds. The van der Waals surface area contributed by atoms with Gasteiger partial charge in [-0.3, -0.25) is 4.79 Å². The van der Waals surface area contributed by atoms with Gasteiger partial charge < -0.3 is 20.3 Å². The number of hydrogen-bond donors (Lipinski definition) is 1. The average Bonchev–Trinajstić information content (AvgIpc) is 2.62. The predicted octanol–water partition coefficient (Wildman–Crippen LogP) is 3.76. The number of rotatable bonds is 5. The molecule has 0 saturated heterocycles. The Kier molecular flexibility index (Phi) is 6.67. The molecule has 0 aliphatic heterocycles. The monoisotopic (exact) mass is 383 g/mol. The number of fused-ring (bicyclic) bond motifs is 1. The molecule has 2 aromatic carbocycles. The minimum absolute atomic E-state index is 0.130. The number of nitrogen functional groups attached to an aromatic ring is 1. The van der Waals surface area contributed by atoms with Gasteiger partial charge in [0.2, 0.25) is 5.91 Å². The van der Waals surface area contributed by atoms with Crippen LogP contribution in [0.4, 0.5) is 10.5 Å². The van der Waals surface area contributed by atoms with Crippen LogP contribution in [0.25, 0.3) is 16.8 Å². The van der Waals surface area contributed by atoms with Crippen molar-refractivity contribution in [3.8, 4) is 0 Å². The Morgan fingerprint density at radius 1 is 1.00 bits per heavy atom. The molecular formula is C22H29N3O3. The minimum Gasteiger partial charge on any atom is -0.444 e. The van der Waals surface area contributed by atoms with Crippen molar-refractivity contribution < 1.29 is 14.3 Å². The highest BCUT2D eigenvalue weighted by Crippen LogP contribution is 2.19. The van der Waals surface area contributed by atoms with Gasteiger partial charge in [0, 0.05) is 38.9 Å². The topological polar surface area (TPSA) is 75.9 Å².